The number of fused-ring (bicyclic) bond motifs is 1. The summed E-state index contributed by atoms with van der Waals surface area (Å²) in [6.07, 6.45) is 0. The molecule has 0 atom stereocenters. The van der Waals surface area contributed by atoms with Crippen LogP contribution in [-0.2, 0) is 16.1 Å². The SMILES string of the molecule is Cc1nc2ccccc2c(C)c1C(=O)OCC(=O)N(C)Cc1ccc(Cl)cc1. The van der Waals surface area contributed by atoms with Crippen LogP contribution >= 0.6 is 11.6 Å². The van der Waals surface area contributed by atoms with E-state index in [1.807, 2.05) is 43.3 Å². The van der Waals surface area contributed by atoms with Crippen LogP contribution in [0.3, 0.4) is 0 Å². The Kier molecular flexibility index (Phi) is 5.95. The van der Waals surface area contributed by atoms with Crippen LogP contribution in [0, 0.1) is 13.8 Å². The lowest BCUT2D eigenvalue weighted by Crippen LogP contribution is -2.31. The van der Waals surface area contributed by atoms with E-state index in [9.17, 15) is 9.59 Å². The average Bonchev–Trinajstić information content (AvgIpc) is 2.67. The third kappa shape index (κ3) is 4.31. The summed E-state index contributed by atoms with van der Waals surface area (Å²) in [4.78, 5) is 30.9. The summed E-state index contributed by atoms with van der Waals surface area (Å²) in [7, 11) is 1.67. The van der Waals surface area contributed by atoms with E-state index in [4.69, 9.17) is 16.3 Å². The number of carbonyl (C=O) groups is 2. The molecule has 0 spiro atoms. The molecule has 28 heavy (non-hydrogen) atoms. The minimum absolute atomic E-state index is 0.285. The maximum absolute atomic E-state index is 12.6. The highest BCUT2D eigenvalue weighted by atomic mass is 35.5. The second kappa shape index (κ2) is 8.40. The van der Waals surface area contributed by atoms with E-state index in [-0.39, 0.29) is 12.5 Å². The first-order valence-corrected chi connectivity index (χ1v) is 9.26. The Balaban J connectivity index is 1.67. The lowest BCUT2D eigenvalue weighted by atomic mass is 10.0. The molecule has 0 aliphatic heterocycles. The van der Waals surface area contributed by atoms with Crippen LogP contribution in [0.2, 0.25) is 5.02 Å². The molecular weight excluding hydrogens is 376 g/mol. The number of aryl methyl sites for hydroxylation is 2. The number of likely N-dealkylation sites (N-methyl/N-ethyl adjacent to an activating group) is 1. The molecule has 6 heteroatoms. The molecule has 144 valence electrons. The molecule has 1 heterocycles. The number of hydrogen-bond donors (Lipinski definition) is 0. The number of halogens is 1. The van der Waals surface area contributed by atoms with Crippen molar-refractivity contribution in [2.75, 3.05) is 13.7 Å². The van der Waals surface area contributed by atoms with Crippen molar-refractivity contribution >= 4 is 34.4 Å². The van der Waals surface area contributed by atoms with Gasteiger partial charge in [0.1, 0.15) is 0 Å². The van der Waals surface area contributed by atoms with Crippen LogP contribution in [0.1, 0.15) is 27.2 Å². The molecule has 3 rings (SSSR count). The van der Waals surface area contributed by atoms with Crippen molar-refractivity contribution in [3.63, 3.8) is 0 Å². The van der Waals surface area contributed by atoms with Gasteiger partial charge in [0.25, 0.3) is 5.91 Å². The molecule has 0 saturated carbocycles. The van der Waals surface area contributed by atoms with Gasteiger partial charge in [0.05, 0.1) is 16.8 Å². The second-order valence-electron chi connectivity index (χ2n) is 6.67. The molecule has 0 aliphatic rings. The fourth-order valence-electron chi connectivity index (χ4n) is 3.09. The van der Waals surface area contributed by atoms with E-state index in [1.165, 1.54) is 4.90 Å². The molecular formula is C22H21ClN2O3. The molecule has 0 aliphatic carbocycles. The van der Waals surface area contributed by atoms with Gasteiger partial charge in [0.15, 0.2) is 6.61 Å². The first kappa shape index (κ1) is 19.8. The Bertz CT molecular complexity index is 1030. The van der Waals surface area contributed by atoms with Crippen LogP contribution in [-0.4, -0.2) is 35.4 Å². The quantitative estimate of drug-likeness (QED) is 0.602. The summed E-state index contributed by atoms with van der Waals surface area (Å²) < 4.78 is 5.29. The average molecular weight is 397 g/mol. The predicted octanol–water partition coefficient (Wildman–Crippen LogP) is 4.32. The van der Waals surface area contributed by atoms with Gasteiger partial charge in [-0.25, -0.2) is 4.79 Å². The highest BCUT2D eigenvalue weighted by molar-refractivity contribution is 6.30. The minimum atomic E-state index is -0.540. The first-order valence-electron chi connectivity index (χ1n) is 8.88. The van der Waals surface area contributed by atoms with Crippen molar-refractivity contribution in [1.29, 1.82) is 0 Å². The number of nitrogens with zero attached hydrogens (tertiary/aromatic N) is 2. The van der Waals surface area contributed by atoms with Gasteiger partial charge in [-0.15, -0.1) is 0 Å². The zero-order chi connectivity index (χ0) is 20.3. The molecule has 2 aromatic carbocycles. The maximum atomic E-state index is 12.6. The van der Waals surface area contributed by atoms with Crippen molar-refractivity contribution < 1.29 is 14.3 Å². The van der Waals surface area contributed by atoms with Gasteiger partial charge in [-0.1, -0.05) is 41.9 Å². The van der Waals surface area contributed by atoms with Crippen molar-refractivity contribution in [1.82, 2.24) is 9.88 Å². The van der Waals surface area contributed by atoms with E-state index < -0.39 is 5.97 Å². The van der Waals surface area contributed by atoms with Crippen LogP contribution in [0.4, 0.5) is 0 Å². The number of pyridine rings is 1. The number of rotatable bonds is 5. The van der Waals surface area contributed by atoms with Gasteiger partial charge in [0.2, 0.25) is 0 Å². The van der Waals surface area contributed by atoms with Crippen LogP contribution in [0.5, 0.6) is 0 Å². The van der Waals surface area contributed by atoms with Crippen LogP contribution < -0.4 is 0 Å². The Morgan fingerprint density at radius 2 is 1.75 bits per heavy atom. The molecule has 3 aromatic rings. The normalized spacial score (nSPS) is 10.7. The summed E-state index contributed by atoms with van der Waals surface area (Å²) >= 11 is 5.87. The topological polar surface area (TPSA) is 59.5 Å². The number of para-hydroxylation sites is 1. The molecule has 0 saturated heterocycles. The molecule has 1 amide bonds. The van der Waals surface area contributed by atoms with E-state index in [0.717, 1.165) is 22.0 Å². The Morgan fingerprint density at radius 1 is 1.07 bits per heavy atom. The molecule has 0 bridgehead atoms. The van der Waals surface area contributed by atoms with Crippen LogP contribution in [0.15, 0.2) is 48.5 Å². The van der Waals surface area contributed by atoms with E-state index >= 15 is 0 Å². The summed E-state index contributed by atoms with van der Waals surface area (Å²) in [6.45, 7) is 3.71. The molecule has 0 fully saturated rings. The summed E-state index contributed by atoms with van der Waals surface area (Å²) in [6, 6.07) is 14.9. The lowest BCUT2D eigenvalue weighted by Gasteiger charge is -2.18. The number of amides is 1. The Morgan fingerprint density at radius 3 is 2.46 bits per heavy atom. The van der Waals surface area contributed by atoms with Crippen molar-refractivity contribution in [3.8, 4) is 0 Å². The second-order valence-corrected chi connectivity index (χ2v) is 7.10. The van der Waals surface area contributed by atoms with Crippen molar-refractivity contribution in [2.24, 2.45) is 0 Å². The smallest absolute Gasteiger partial charge is 0.340 e. The zero-order valence-electron chi connectivity index (χ0n) is 16.0. The summed E-state index contributed by atoms with van der Waals surface area (Å²) in [5.74, 6) is -0.825. The number of aromatic nitrogens is 1. The summed E-state index contributed by atoms with van der Waals surface area (Å²) in [5.41, 5.74) is 3.56. The zero-order valence-corrected chi connectivity index (χ0v) is 16.8. The van der Waals surface area contributed by atoms with Crippen LogP contribution in [0.25, 0.3) is 10.9 Å². The number of benzene rings is 2. The maximum Gasteiger partial charge on any atom is 0.340 e. The fraction of sp³-hybridized carbons (Fsp3) is 0.227. The summed E-state index contributed by atoms with van der Waals surface area (Å²) in [5, 5.41) is 1.53. The number of ether oxygens (including phenoxy) is 1. The van der Waals surface area contributed by atoms with E-state index in [1.54, 1.807) is 26.1 Å². The van der Waals surface area contributed by atoms with Crippen molar-refractivity contribution in [3.05, 3.63) is 75.9 Å². The fourth-order valence-corrected chi connectivity index (χ4v) is 3.22. The number of carbonyl (C=O) groups excluding carboxylic acids is 2. The van der Waals surface area contributed by atoms with Gasteiger partial charge in [-0.05, 0) is 43.2 Å². The molecule has 5 nitrogen and oxygen atoms in total. The monoisotopic (exact) mass is 396 g/mol. The highest BCUT2D eigenvalue weighted by Gasteiger charge is 2.19. The third-order valence-corrected chi connectivity index (χ3v) is 4.87. The Hall–Kier alpha value is -2.92. The van der Waals surface area contributed by atoms with Gasteiger partial charge in [-0.2, -0.15) is 0 Å². The number of esters is 1. The van der Waals surface area contributed by atoms with Gasteiger partial charge < -0.3 is 9.64 Å². The van der Waals surface area contributed by atoms with Gasteiger partial charge in [0, 0.05) is 24.0 Å². The highest BCUT2D eigenvalue weighted by Crippen LogP contribution is 2.23. The third-order valence-electron chi connectivity index (χ3n) is 4.62. The number of hydrogen-bond acceptors (Lipinski definition) is 4. The van der Waals surface area contributed by atoms with Crippen molar-refractivity contribution in [2.45, 2.75) is 20.4 Å². The molecule has 0 radical (unpaired) electrons. The Labute approximate surface area is 168 Å². The molecule has 0 N–H and O–H groups in total. The van der Waals surface area contributed by atoms with Gasteiger partial charge in [-0.3, -0.25) is 9.78 Å². The molecule has 1 aromatic heterocycles. The largest absolute Gasteiger partial charge is 0.452 e. The van der Waals surface area contributed by atoms with Gasteiger partial charge >= 0.3 is 5.97 Å². The van der Waals surface area contributed by atoms with E-state index in [0.29, 0.717) is 22.8 Å². The molecule has 0 unspecified atom stereocenters. The van der Waals surface area contributed by atoms with E-state index in [2.05, 4.69) is 4.98 Å². The predicted molar refractivity (Wildman–Crippen MR) is 109 cm³/mol. The first-order chi connectivity index (χ1) is 13.4. The lowest BCUT2D eigenvalue weighted by molar-refractivity contribution is -0.133. The standard InChI is InChI=1S/C22H21ClN2O3/c1-14-18-6-4-5-7-19(18)24-15(2)21(14)22(27)28-13-20(26)25(3)12-16-8-10-17(23)11-9-16/h4-11H,12-13H2,1-3H3. The minimum Gasteiger partial charge on any atom is -0.452 e.